The zero-order valence-electron chi connectivity index (χ0n) is 11.1. The van der Waals surface area contributed by atoms with E-state index in [-0.39, 0.29) is 0 Å². The van der Waals surface area contributed by atoms with Crippen LogP contribution in [0.2, 0.25) is 0 Å². The molecular weight excluding hydrogens is 270 g/mol. The van der Waals surface area contributed by atoms with Gasteiger partial charge in [0.15, 0.2) is 0 Å². The third-order valence-corrected chi connectivity index (χ3v) is 4.05. The van der Waals surface area contributed by atoms with Crippen molar-refractivity contribution in [1.82, 2.24) is 9.97 Å². The summed E-state index contributed by atoms with van der Waals surface area (Å²) < 4.78 is 1.28. The molecule has 0 saturated carbocycles. The number of hydrogen-bond acceptors (Lipinski definition) is 6. The van der Waals surface area contributed by atoms with E-state index in [0.717, 1.165) is 23.5 Å². The molecule has 0 fully saturated rings. The lowest BCUT2D eigenvalue weighted by molar-refractivity contribution is 1.04. The first-order valence-electron chi connectivity index (χ1n) is 6.36. The first kappa shape index (κ1) is 12.8. The summed E-state index contributed by atoms with van der Waals surface area (Å²) >= 11 is 1.74. The van der Waals surface area contributed by atoms with Crippen molar-refractivity contribution in [2.75, 3.05) is 10.7 Å². The standard InChI is InChI=1S/C14H15N5S/c1-2-11-13(16-8-17-14(11)19-15)18-10-3-4-12-9(7-10)5-6-20-12/h3-8H,2,15H2,1H3,(H2,16,17,18,19). The van der Waals surface area contributed by atoms with Gasteiger partial charge in [0, 0.05) is 16.0 Å². The number of nitrogen functional groups attached to an aromatic ring is 1. The average molecular weight is 285 g/mol. The summed E-state index contributed by atoms with van der Waals surface area (Å²) in [5.74, 6) is 6.92. The van der Waals surface area contributed by atoms with Gasteiger partial charge in [-0.2, -0.15) is 0 Å². The number of hydrazine groups is 1. The molecular formula is C14H15N5S. The van der Waals surface area contributed by atoms with E-state index in [1.54, 1.807) is 11.3 Å². The monoisotopic (exact) mass is 285 g/mol. The molecule has 2 heterocycles. The van der Waals surface area contributed by atoms with Crippen molar-refractivity contribution < 1.29 is 0 Å². The van der Waals surface area contributed by atoms with E-state index in [0.29, 0.717) is 5.82 Å². The predicted octanol–water partition coefficient (Wildman–Crippen LogP) is 3.28. The van der Waals surface area contributed by atoms with E-state index in [9.17, 15) is 0 Å². The molecule has 0 spiro atoms. The van der Waals surface area contributed by atoms with Crippen molar-refractivity contribution >= 4 is 38.7 Å². The van der Waals surface area contributed by atoms with Gasteiger partial charge in [0.2, 0.25) is 0 Å². The fourth-order valence-electron chi connectivity index (χ4n) is 2.16. The lowest BCUT2D eigenvalue weighted by Gasteiger charge is -2.12. The van der Waals surface area contributed by atoms with Crippen LogP contribution in [-0.2, 0) is 6.42 Å². The molecule has 0 bridgehead atoms. The van der Waals surface area contributed by atoms with Crippen molar-refractivity contribution in [3.05, 3.63) is 41.5 Å². The van der Waals surface area contributed by atoms with Crippen LogP contribution in [0.5, 0.6) is 0 Å². The third-order valence-electron chi connectivity index (χ3n) is 3.15. The molecule has 0 aliphatic carbocycles. The van der Waals surface area contributed by atoms with E-state index in [1.165, 1.54) is 16.4 Å². The average Bonchev–Trinajstić information content (AvgIpc) is 2.94. The molecule has 0 radical (unpaired) electrons. The highest BCUT2D eigenvalue weighted by Crippen LogP contribution is 2.27. The highest BCUT2D eigenvalue weighted by atomic mass is 32.1. The second kappa shape index (κ2) is 5.44. The second-order valence-corrected chi connectivity index (χ2v) is 5.29. The summed E-state index contributed by atoms with van der Waals surface area (Å²) in [5, 5.41) is 6.65. The number of nitrogens with zero attached hydrogens (tertiary/aromatic N) is 2. The molecule has 0 unspecified atom stereocenters. The molecule has 3 aromatic rings. The maximum absolute atomic E-state index is 5.48. The number of rotatable bonds is 4. The minimum atomic E-state index is 0.654. The molecule has 0 atom stereocenters. The molecule has 20 heavy (non-hydrogen) atoms. The molecule has 3 rings (SSSR count). The molecule has 102 valence electrons. The van der Waals surface area contributed by atoms with Gasteiger partial charge in [-0.25, -0.2) is 15.8 Å². The lowest BCUT2D eigenvalue weighted by atomic mass is 10.2. The summed E-state index contributed by atoms with van der Waals surface area (Å²) in [6.07, 6.45) is 2.29. The highest BCUT2D eigenvalue weighted by molar-refractivity contribution is 7.17. The number of anilines is 3. The zero-order valence-corrected chi connectivity index (χ0v) is 11.9. The summed E-state index contributed by atoms with van der Waals surface area (Å²) in [6, 6.07) is 8.38. The van der Waals surface area contributed by atoms with Gasteiger partial charge in [-0.15, -0.1) is 11.3 Å². The minimum Gasteiger partial charge on any atom is -0.340 e. The minimum absolute atomic E-state index is 0.654. The van der Waals surface area contributed by atoms with E-state index < -0.39 is 0 Å². The fourth-order valence-corrected chi connectivity index (χ4v) is 2.93. The number of hydrogen-bond donors (Lipinski definition) is 3. The molecule has 1 aromatic carbocycles. The van der Waals surface area contributed by atoms with E-state index in [2.05, 4.69) is 50.4 Å². The maximum atomic E-state index is 5.48. The molecule has 6 heteroatoms. The van der Waals surface area contributed by atoms with Crippen molar-refractivity contribution in [3.8, 4) is 0 Å². The summed E-state index contributed by atoms with van der Waals surface area (Å²) in [5.41, 5.74) is 4.59. The second-order valence-electron chi connectivity index (χ2n) is 4.35. The van der Waals surface area contributed by atoms with Gasteiger partial charge in [-0.1, -0.05) is 6.92 Å². The third kappa shape index (κ3) is 2.31. The Morgan fingerprint density at radius 1 is 1.20 bits per heavy atom. The van der Waals surface area contributed by atoms with E-state index >= 15 is 0 Å². The Hall–Kier alpha value is -2.18. The van der Waals surface area contributed by atoms with Gasteiger partial charge in [-0.05, 0) is 41.5 Å². The number of aromatic nitrogens is 2. The number of nitrogens with one attached hydrogen (secondary N) is 2. The van der Waals surface area contributed by atoms with E-state index in [1.807, 2.05) is 6.92 Å². The maximum Gasteiger partial charge on any atom is 0.148 e. The van der Waals surface area contributed by atoms with Crippen molar-refractivity contribution in [1.29, 1.82) is 0 Å². The van der Waals surface area contributed by atoms with Crippen LogP contribution in [0.1, 0.15) is 12.5 Å². The Balaban J connectivity index is 1.97. The number of nitrogens with two attached hydrogens (primary N) is 1. The highest BCUT2D eigenvalue weighted by Gasteiger charge is 2.09. The smallest absolute Gasteiger partial charge is 0.148 e. The van der Waals surface area contributed by atoms with Gasteiger partial charge < -0.3 is 10.7 Å². The van der Waals surface area contributed by atoms with Crippen LogP contribution in [0.15, 0.2) is 36.0 Å². The van der Waals surface area contributed by atoms with Crippen molar-refractivity contribution in [3.63, 3.8) is 0 Å². The quantitative estimate of drug-likeness (QED) is 0.506. The Morgan fingerprint density at radius 2 is 2.05 bits per heavy atom. The molecule has 4 N–H and O–H groups in total. The molecule has 0 saturated heterocycles. The largest absolute Gasteiger partial charge is 0.340 e. The first-order chi connectivity index (χ1) is 9.81. The van der Waals surface area contributed by atoms with Gasteiger partial charge in [0.05, 0.1) is 0 Å². The molecule has 0 aliphatic rings. The summed E-state index contributed by atoms with van der Waals surface area (Å²) in [7, 11) is 0. The summed E-state index contributed by atoms with van der Waals surface area (Å²) in [6.45, 7) is 2.05. The van der Waals surface area contributed by atoms with Gasteiger partial charge in [0.1, 0.15) is 18.0 Å². The SMILES string of the molecule is CCc1c(NN)ncnc1Nc1ccc2sccc2c1. The molecule has 2 aromatic heterocycles. The molecule has 0 amide bonds. The van der Waals surface area contributed by atoms with E-state index in [4.69, 9.17) is 5.84 Å². The zero-order chi connectivity index (χ0) is 13.9. The Kier molecular flexibility index (Phi) is 3.49. The van der Waals surface area contributed by atoms with Gasteiger partial charge in [0.25, 0.3) is 0 Å². The van der Waals surface area contributed by atoms with Crippen LogP contribution in [-0.4, -0.2) is 9.97 Å². The van der Waals surface area contributed by atoms with Crippen LogP contribution < -0.4 is 16.6 Å². The Bertz CT molecular complexity index is 737. The van der Waals surface area contributed by atoms with Gasteiger partial charge in [-0.3, -0.25) is 0 Å². The topological polar surface area (TPSA) is 75.9 Å². The van der Waals surface area contributed by atoms with Crippen LogP contribution in [0.25, 0.3) is 10.1 Å². The summed E-state index contributed by atoms with van der Waals surface area (Å²) in [4.78, 5) is 8.43. The van der Waals surface area contributed by atoms with Crippen molar-refractivity contribution in [2.45, 2.75) is 13.3 Å². The molecule has 0 aliphatic heterocycles. The first-order valence-corrected chi connectivity index (χ1v) is 7.24. The normalized spacial score (nSPS) is 10.7. The fraction of sp³-hybridized carbons (Fsp3) is 0.143. The number of thiophene rings is 1. The number of fused-ring (bicyclic) bond motifs is 1. The Morgan fingerprint density at radius 3 is 2.85 bits per heavy atom. The van der Waals surface area contributed by atoms with Crippen LogP contribution >= 0.6 is 11.3 Å². The molecule has 5 nitrogen and oxygen atoms in total. The van der Waals surface area contributed by atoms with Crippen LogP contribution in [0.3, 0.4) is 0 Å². The van der Waals surface area contributed by atoms with Gasteiger partial charge >= 0.3 is 0 Å². The van der Waals surface area contributed by atoms with Crippen molar-refractivity contribution in [2.24, 2.45) is 5.84 Å². The predicted molar refractivity (Wildman–Crippen MR) is 84.3 cm³/mol. The Labute approximate surface area is 120 Å². The lowest BCUT2D eigenvalue weighted by Crippen LogP contribution is -2.13. The van der Waals surface area contributed by atoms with Crippen LogP contribution in [0.4, 0.5) is 17.3 Å². The van der Waals surface area contributed by atoms with Crippen LogP contribution in [0, 0.1) is 0 Å². The number of benzene rings is 1.